The van der Waals surface area contributed by atoms with Crippen LogP contribution in [0, 0.1) is 0 Å². The molecule has 0 saturated carbocycles. The number of hydrogen-bond donors (Lipinski definition) is 1. The minimum atomic E-state index is -0.137. The van der Waals surface area contributed by atoms with Crippen LogP contribution < -0.4 is 5.32 Å². The van der Waals surface area contributed by atoms with Crippen molar-refractivity contribution < 1.29 is 4.79 Å². The summed E-state index contributed by atoms with van der Waals surface area (Å²) in [5, 5.41) is 7.27. The van der Waals surface area contributed by atoms with Gasteiger partial charge in [-0.15, -0.1) is 0 Å². The molecule has 0 bridgehead atoms. The number of nitrogens with zero attached hydrogens (tertiary/aromatic N) is 3. The molecule has 0 aliphatic carbocycles. The molecular formula is C12H13ClN4OS. The number of carbonyl (C=O) groups is 1. The van der Waals surface area contributed by atoms with Crippen LogP contribution in [-0.2, 0) is 4.79 Å². The lowest BCUT2D eigenvalue weighted by Crippen LogP contribution is -2.23. The molecule has 0 aliphatic rings. The van der Waals surface area contributed by atoms with E-state index in [4.69, 9.17) is 11.6 Å². The Bertz CT molecular complexity index is 573. The Kier molecular flexibility index (Phi) is 4.44. The molecule has 2 rings (SSSR count). The van der Waals surface area contributed by atoms with Gasteiger partial charge in [0.25, 0.3) is 0 Å². The second-order valence-electron chi connectivity index (χ2n) is 3.84. The van der Waals surface area contributed by atoms with Crippen LogP contribution in [0.1, 0.15) is 6.92 Å². The van der Waals surface area contributed by atoms with Gasteiger partial charge in [0.05, 0.1) is 16.0 Å². The van der Waals surface area contributed by atoms with Crippen molar-refractivity contribution in [2.24, 2.45) is 0 Å². The first-order chi connectivity index (χ1) is 9.13. The molecule has 1 heterocycles. The summed E-state index contributed by atoms with van der Waals surface area (Å²) >= 11 is 7.65. The molecule has 19 heavy (non-hydrogen) atoms. The Morgan fingerprint density at radius 1 is 1.53 bits per heavy atom. The third-order valence-corrected chi connectivity index (χ3v) is 3.84. The number of aromatic nitrogens is 3. The molecule has 1 aromatic heterocycles. The Morgan fingerprint density at radius 2 is 2.32 bits per heavy atom. The van der Waals surface area contributed by atoms with Gasteiger partial charge in [0.15, 0.2) is 0 Å². The molecule has 1 amide bonds. The zero-order chi connectivity index (χ0) is 13.8. The van der Waals surface area contributed by atoms with Crippen molar-refractivity contribution in [1.82, 2.24) is 14.8 Å². The van der Waals surface area contributed by atoms with Gasteiger partial charge in [-0.3, -0.25) is 4.79 Å². The largest absolute Gasteiger partial charge is 0.323 e. The molecule has 0 fully saturated rings. The van der Waals surface area contributed by atoms with Crippen molar-refractivity contribution in [3.8, 4) is 5.69 Å². The van der Waals surface area contributed by atoms with Crippen LogP contribution in [0.25, 0.3) is 5.69 Å². The minimum absolute atomic E-state index is 0.0730. The molecule has 0 aliphatic heterocycles. The van der Waals surface area contributed by atoms with E-state index in [2.05, 4.69) is 15.4 Å². The van der Waals surface area contributed by atoms with E-state index in [1.807, 2.05) is 13.2 Å². The molecule has 1 aromatic carbocycles. The Morgan fingerprint density at radius 3 is 2.95 bits per heavy atom. The molecule has 0 unspecified atom stereocenters. The lowest BCUT2D eigenvalue weighted by Gasteiger charge is -2.14. The molecule has 5 nitrogen and oxygen atoms in total. The van der Waals surface area contributed by atoms with Crippen molar-refractivity contribution in [2.75, 3.05) is 11.6 Å². The van der Waals surface area contributed by atoms with Gasteiger partial charge < -0.3 is 5.32 Å². The average molecular weight is 297 g/mol. The second-order valence-corrected chi connectivity index (χ2v) is 5.43. The number of carbonyl (C=O) groups excluding carboxylic acids is 1. The van der Waals surface area contributed by atoms with Gasteiger partial charge in [-0.25, -0.2) is 9.67 Å². The van der Waals surface area contributed by atoms with Gasteiger partial charge in [0.1, 0.15) is 18.3 Å². The fourth-order valence-corrected chi connectivity index (χ4v) is 2.05. The normalized spacial score (nSPS) is 12.2. The lowest BCUT2D eigenvalue weighted by atomic mass is 10.2. The zero-order valence-corrected chi connectivity index (χ0v) is 12.1. The van der Waals surface area contributed by atoms with E-state index in [0.29, 0.717) is 16.4 Å². The molecule has 2 aromatic rings. The van der Waals surface area contributed by atoms with E-state index >= 15 is 0 Å². The summed E-state index contributed by atoms with van der Waals surface area (Å²) in [6, 6.07) is 5.31. The summed E-state index contributed by atoms with van der Waals surface area (Å²) < 4.78 is 1.53. The Balaban J connectivity index is 2.36. The molecule has 100 valence electrons. The number of benzene rings is 1. The number of halogens is 1. The molecule has 0 saturated heterocycles. The zero-order valence-electron chi connectivity index (χ0n) is 10.5. The van der Waals surface area contributed by atoms with Gasteiger partial charge in [-0.1, -0.05) is 17.7 Å². The lowest BCUT2D eigenvalue weighted by molar-refractivity contribution is -0.115. The standard InChI is InChI=1S/C12H13ClN4OS/c1-8(19-2)12(18)16-10-5-3-4-9(13)11(10)17-7-14-6-15-17/h3-8H,1-2H3,(H,16,18)/t8-/m0/s1. The number of para-hydroxylation sites is 1. The Hall–Kier alpha value is -1.53. The Labute approximate surface area is 120 Å². The van der Waals surface area contributed by atoms with E-state index in [1.54, 1.807) is 18.2 Å². The topological polar surface area (TPSA) is 59.8 Å². The summed E-state index contributed by atoms with van der Waals surface area (Å²) in [6.45, 7) is 1.85. The van der Waals surface area contributed by atoms with Crippen molar-refractivity contribution in [1.29, 1.82) is 0 Å². The van der Waals surface area contributed by atoms with Crippen molar-refractivity contribution >= 4 is 35.0 Å². The van der Waals surface area contributed by atoms with Gasteiger partial charge in [0, 0.05) is 0 Å². The van der Waals surface area contributed by atoms with Crippen LogP contribution >= 0.6 is 23.4 Å². The molecule has 1 atom stereocenters. The number of thioether (sulfide) groups is 1. The maximum atomic E-state index is 12.0. The van der Waals surface area contributed by atoms with Crippen LogP contribution in [-0.4, -0.2) is 32.2 Å². The summed E-state index contributed by atoms with van der Waals surface area (Å²) in [5.41, 5.74) is 1.23. The van der Waals surface area contributed by atoms with Crippen molar-refractivity contribution in [3.05, 3.63) is 35.9 Å². The van der Waals surface area contributed by atoms with E-state index in [9.17, 15) is 4.79 Å². The van der Waals surface area contributed by atoms with Gasteiger partial charge >= 0.3 is 0 Å². The van der Waals surface area contributed by atoms with Crippen molar-refractivity contribution in [3.63, 3.8) is 0 Å². The molecule has 0 spiro atoms. The smallest absolute Gasteiger partial charge is 0.237 e. The first-order valence-corrected chi connectivity index (χ1v) is 7.27. The monoisotopic (exact) mass is 296 g/mol. The highest BCUT2D eigenvalue weighted by Crippen LogP contribution is 2.28. The highest BCUT2D eigenvalue weighted by atomic mass is 35.5. The van der Waals surface area contributed by atoms with Crippen LogP contribution in [0.5, 0.6) is 0 Å². The summed E-state index contributed by atoms with van der Waals surface area (Å²) in [7, 11) is 0. The molecule has 1 N–H and O–H groups in total. The van der Waals surface area contributed by atoms with Gasteiger partial charge in [-0.05, 0) is 25.3 Å². The van der Waals surface area contributed by atoms with Crippen LogP contribution in [0.3, 0.4) is 0 Å². The fourth-order valence-electron chi connectivity index (χ4n) is 1.51. The second kappa shape index (κ2) is 6.08. The maximum absolute atomic E-state index is 12.0. The number of rotatable bonds is 4. The summed E-state index contributed by atoms with van der Waals surface area (Å²) in [6.07, 6.45) is 4.84. The number of amides is 1. The quantitative estimate of drug-likeness (QED) is 0.942. The third-order valence-electron chi connectivity index (χ3n) is 2.62. The van der Waals surface area contributed by atoms with Crippen molar-refractivity contribution in [2.45, 2.75) is 12.2 Å². The van der Waals surface area contributed by atoms with Gasteiger partial charge in [-0.2, -0.15) is 16.9 Å². The van der Waals surface area contributed by atoms with Crippen LogP contribution in [0.15, 0.2) is 30.9 Å². The minimum Gasteiger partial charge on any atom is -0.323 e. The average Bonchev–Trinajstić information content (AvgIpc) is 2.91. The first-order valence-electron chi connectivity index (χ1n) is 5.60. The maximum Gasteiger partial charge on any atom is 0.237 e. The summed E-state index contributed by atoms with van der Waals surface area (Å²) in [5.74, 6) is -0.0730. The molecular weight excluding hydrogens is 284 g/mol. The molecule has 7 heteroatoms. The summed E-state index contributed by atoms with van der Waals surface area (Å²) in [4.78, 5) is 15.8. The van der Waals surface area contributed by atoms with E-state index in [0.717, 1.165) is 0 Å². The number of hydrogen-bond acceptors (Lipinski definition) is 4. The van der Waals surface area contributed by atoms with E-state index < -0.39 is 0 Å². The predicted octanol–water partition coefficient (Wildman–Crippen LogP) is 2.61. The van der Waals surface area contributed by atoms with Crippen LogP contribution in [0.2, 0.25) is 5.02 Å². The number of nitrogens with one attached hydrogen (secondary N) is 1. The SMILES string of the molecule is CS[C@@H](C)C(=O)Nc1cccc(Cl)c1-n1cncn1. The van der Waals surface area contributed by atoms with Gasteiger partial charge in [0.2, 0.25) is 5.91 Å². The van der Waals surface area contributed by atoms with E-state index in [1.165, 1.54) is 29.1 Å². The molecule has 0 radical (unpaired) electrons. The fraction of sp³-hybridized carbons (Fsp3) is 0.250. The van der Waals surface area contributed by atoms with Crippen LogP contribution in [0.4, 0.5) is 5.69 Å². The highest BCUT2D eigenvalue weighted by Gasteiger charge is 2.16. The third kappa shape index (κ3) is 3.08. The van der Waals surface area contributed by atoms with E-state index in [-0.39, 0.29) is 11.2 Å². The number of anilines is 1. The first kappa shape index (κ1) is 13.9. The highest BCUT2D eigenvalue weighted by molar-refractivity contribution is 7.99. The predicted molar refractivity (Wildman–Crippen MR) is 78.0 cm³/mol.